The number of halogens is 1. The first-order valence-corrected chi connectivity index (χ1v) is 8.00. The molecule has 1 fully saturated rings. The summed E-state index contributed by atoms with van der Waals surface area (Å²) in [6.45, 7) is 0.748. The Bertz CT molecular complexity index is 615. The van der Waals surface area contributed by atoms with Gasteiger partial charge in [0.1, 0.15) is 5.82 Å². The lowest BCUT2D eigenvalue weighted by Crippen LogP contribution is -2.47. The van der Waals surface area contributed by atoms with E-state index < -0.39 is 21.4 Å². The summed E-state index contributed by atoms with van der Waals surface area (Å²) in [4.78, 5) is -0.0976. The number of sulfonamides is 1. The molecule has 0 aliphatic carbocycles. The number of hydrogen-bond donors (Lipinski definition) is 2. The summed E-state index contributed by atoms with van der Waals surface area (Å²) in [5.41, 5.74) is 4.07. The Morgan fingerprint density at radius 3 is 2.62 bits per heavy atom. The lowest BCUT2D eigenvalue weighted by molar-refractivity contribution is -0.0689. The average molecular weight is 318 g/mol. The van der Waals surface area contributed by atoms with Crippen LogP contribution in [0.4, 0.5) is 10.1 Å². The van der Waals surface area contributed by atoms with Crippen molar-refractivity contribution in [1.29, 1.82) is 0 Å². The predicted molar refractivity (Wildman–Crippen MR) is 75.6 cm³/mol. The third-order valence-electron chi connectivity index (χ3n) is 3.62. The molecular weight excluding hydrogens is 299 g/mol. The van der Waals surface area contributed by atoms with Crippen molar-refractivity contribution in [2.24, 2.45) is 0 Å². The van der Waals surface area contributed by atoms with Gasteiger partial charge in [0.15, 0.2) is 0 Å². The van der Waals surface area contributed by atoms with E-state index >= 15 is 0 Å². The molecule has 0 atom stereocenters. The molecule has 1 aliphatic heterocycles. The Morgan fingerprint density at radius 1 is 1.43 bits per heavy atom. The smallest absolute Gasteiger partial charge is 0.242 e. The van der Waals surface area contributed by atoms with E-state index in [9.17, 15) is 17.9 Å². The van der Waals surface area contributed by atoms with Crippen LogP contribution >= 0.6 is 0 Å². The van der Waals surface area contributed by atoms with Crippen molar-refractivity contribution in [2.75, 3.05) is 32.5 Å². The fourth-order valence-corrected chi connectivity index (χ4v) is 3.56. The van der Waals surface area contributed by atoms with E-state index in [0.29, 0.717) is 26.1 Å². The van der Waals surface area contributed by atoms with Gasteiger partial charge in [-0.15, -0.1) is 0 Å². The summed E-state index contributed by atoms with van der Waals surface area (Å²) < 4.78 is 44.2. The number of rotatable bonds is 4. The average Bonchev–Trinajstić information content (AvgIpc) is 2.42. The van der Waals surface area contributed by atoms with Crippen molar-refractivity contribution in [2.45, 2.75) is 23.3 Å². The first-order valence-electron chi connectivity index (χ1n) is 6.56. The van der Waals surface area contributed by atoms with Gasteiger partial charge in [-0.2, -0.15) is 4.31 Å². The van der Waals surface area contributed by atoms with Gasteiger partial charge in [0.2, 0.25) is 10.0 Å². The van der Waals surface area contributed by atoms with Crippen LogP contribution < -0.4 is 5.73 Å². The van der Waals surface area contributed by atoms with Crippen LogP contribution in [0, 0.1) is 5.82 Å². The maximum atomic E-state index is 13.1. The standard InChI is InChI=1S/C13H19FN2O4S/c1-16(9-13(17)4-6-20-7-5-13)21(18,19)10-2-3-11(14)12(15)8-10/h2-3,8,17H,4-7,9,15H2,1H3. The number of nitrogen functional groups attached to an aromatic ring is 1. The van der Waals surface area contributed by atoms with E-state index in [1.165, 1.54) is 7.05 Å². The lowest BCUT2D eigenvalue weighted by atomic mass is 9.95. The van der Waals surface area contributed by atoms with Crippen LogP contribution in [0.2, 0.25) is 0 Å². The zero-order valence-corrected chi connectivity index (χ0v) is 12.6. The minimum atomic E-state index is -3.83. The molecule has 8 heteroatoms. The number of benzene rings is 1. The summed E-state index contributed by atoms with van der Waals surface area (Å²) in [6, 6.07) is 3.25. The molecule has 1 heterocycles. The second kappa shape index (κ2) is 5.88. The Hall–Kier alpha value is -1.22. The number of ether oxygens (including phenoxy) is 1. The third kappa shape index (κ3) is 3.52. The number of nitrogens with zero attached hydrogens (tertiary/aromatic N) is 1. The minimum absolute atomic E-state index is 0.0457. The minimum Gasteiger partial charge on any atom is -0.396 e. The van der Waals surface area contributed by atoms with Crippen molar-refractivity contribution in [3.05, 3.63) is 24.0 Å². The Morgan fingerprint density at radius 2 is 2.05 bits per heavy atom. The SMILES string of the molecule is CN(CC1(O)CCOCC1)S(=O)(=O)c1ccc(F)c(N)c1. The second-order valence-corrected chi connectivity index (χ2v) is 7.33. The monoisotopic (exact) mass is 318 g/mol. The molecule has 21 heavy (non-hydrogen) atoms. The number of hydrogen-bond acceptors (Lipinski definition) is 5. The van der Waals surface area contributed by atoms with Crippen LogP contribution in [-0.4, -0.2) is 50.2 Å². The lowest BCUT2D eigenvalue weighted by Gasteiger charge is -2.35. The van der Waals surface area contributed by atoms with Gasteiger partial charge in [-0.3, -0.25) is 0 Å². The van der Waals surface area contributed by atoms with E-state index in [-0.39, 0.29) is 17.1 Å². The summed E-state index contributed by atoms with van der Waals surface area (Å²) in [7, 11) is -2.45. The first kappa shape index (κ1) is 16.2. The highest BCUT2D eigenvalue weighted by molar-refractivity contribution is 7.89. The third-order valence-corrected chi connectivity index (χ3v) is 5.42. The Kier molecular flexibility index (Phi) is 4.52. The normalized spacial score (nSPS) is 18.9. The topological polar surface area (TPSA) is 92.9 Å². The predicted octanol–water partition coefficient (Wildman–Crippen LogP) is 0.570. The van der Waals surface area contributed by atoms with E-state index in [1.54, 1.807) is 0 Å². The van der Waals surface area contributed by atoms with Gasteiger partial charge in [0.05, 0.1) is 16.2 Å². The van der Waals surface area contributed by atoms with Gasteiger partial charge in [0.25, 0.3) is 0 Å². The van der Waals surface area contributed by atoms with Gasteiger partial charge in [-0.1, -0.05) is 0 Å². The number of anilines is 1. The molecule has 0 bridgehead atoms. The van der Waals surface area contributed by atoms with Crippen LogP contribution in [0.1, 0.15) is 12.8 Å². The van der Waals surface area contributed by atoms with Crippen molar-refractivity contribution in [1.82, 2.24) is 4.31 Å². The van der Waals surface area contributed by atoms with Crippen LogP contribution in [0.25, 0.3) is 0 Å². The molecular formula is C13H19FN2O4S. The number of likely N-dealkylation sites (N-methyl/N-ethyl adjacent to an activating group) is 1. The number of nitrogens with two attached hydrogens (primary N) is 1. The molecule has 0 unspecified atom stereocenters. The fraction of sp³-hybridized carbons (Fsp3) is 0.538. The molecule has 0 amide bonds. The van der Waals surface area contributed by atoms with Crippen LogP contribution in [0.5, 0.6) is 0 Å². The van der Waals surface area contributed by atoms with Gasteiger partial charge < -0.3 is 15.6 Å². The van der Waals surface area contributed by atoms with Gasteiger partial charge in [0, 0.05) is 39.6 Å². The van der Waals surface area contributed by atoms with Gasteiger partial charge in [-0.05, 0) is 18.2 Å². The molecule has 118 valence electrons. The van der Waals surface area contributed by atoms with E-state index in [1.807, 2.05) is 0 Å². The Balaban J connectivity index is 2.20. The molecule has 0 aromatic heterocycles. The van der Waals surface area contributed by atoms with E-state index in [2.05, 4.69) is 0 Å². The molecule has 0 saturated carbocycles. The van der Waals surface area contributed by atoms with E-state index in [4.69, 9.17) is 10.5 Å². The summed E-state index contributed by atoms with van der Waals surface area (Å²) in [5.74, 6) is -0.667. The molecule has 6 nitrogen and oxygen atoms in total. The largest absolute Gasteiger partial charge is 0.396 e. The van der Waals surface area contributed by atoms with Crippen LogP contribution in [0.15, 0.2) is 23.1 Å². The molecule has 1 aromatic carbocycles. The molecule has 1 aromatic rings. The highest BCUT2D eigenvalue weighted by Crippen LogP contribution is 2.25. The maximum Gasteiger partial charge on any atom is 0.242 e. The molecule has 1 saturated heterocycles. The molecule has 1 aliphatic rings. The molecule has 0 spiro atoms. The van der Waals surface area contributed by atoms with Crippen molar-refractivity contribution in [3.8, 4) is 0 Å². The van der Waals surface area contributed by atoms with Gasteiger partial charge in [-0.25, -0.2) is 12.8 Å². The molecule has 0 radical (unpaired) electrons. The van der Waals surface area contributed by atoms with Crippen LogP contribution in [0.3, 0.4) is 0 Å². The summed E-state index contributed by atoms with van der Waals surface area (Å²) in [6.07, 6.45) is 0.747. The van der Waals surface area contributed by atoms with Crippen molar-refractivity contribution < 1.29 is 22.7 Å². The zero-order chi connectivity index (χ0) is 15.7. The Labute approximate surface area is 123 Å². The summed E-state index contributed by atoms with van der Waals surface area (Å²) >= 11 is 0. The zero-order valence-electron chi connectivity index (χ0n) is 11.8. The second-order valence-electron chi connectivity index (χ2n) is 5.28. The first-order chi connectivity index (χ1) is 9.74. The van der Waals surface area contributed by atoms with Crippen molar-refractivity contribution >= 4 is 15.7 Å². The van der Waals surface area contributed by atoms with Crippen molar-refractivity contribution in [3.63, 3.8) is 0 Å². The highest BCUT2D eigenvalue weighted by Gasteiger charge is 2.35. The maximum absolute atomic E-state index is 13.1. The quantitative estimate of drug-likeness (QED) is 0.792. The van der Waals surface area contributed by atoms with Crippen LogP contribution in [-0.2, 0) is 14.8 Å². The molecule has 2 rings (SSSR count). The highest BCUT2D eigenvalue weighted by atomic mass is 32.2. The summed E-state index contributed by atoms with van der Waals surface area (Å²) in [5, 5.41) is 10.4. The fourth-order valence-electron chi connectivity index (χ4n) is 2.27. The van der Waals surface area contributed by atoms with E-state index in [0.717, 1.165) is 22.5 Å². The van der Waals surface area contributed by atoms with Gasteiger partial charge >= 0.3 is 0 Å². The number of aliphatic hydroxyl groups is 1. The molecule has 3 N–H and O–H groups in total.